The molecule has 0 fully saturated rings. The van der Waals surface area contributed by atoms with Crippen LogP contribution in [-0.4, -0.2) is 12.7 Å². The van der Waals surface area contributed by atoms with Gasteiger partial charge in [-0.1, -0.05) is 32.9 Å². The van der Waals surface area contributed by atoms with Crippen molar-refractivity contribution in [3.63, 3.8) is 0 Å². The highest BCUT2D eigenvalue weighted by atomic mass is 17.2. The van der Waals surface area contributed by atoms with Gasteiger partial charge in [-0.2, -0.15) is 0 Å². The molecule has 1 aliphatic rings. The van der Waals surface area contributed by atoms with Crippen LogP contribution < -0.4 is 0 Å². The molecule has 82 valence electrons. The van der Waals surface area contributed by atoms with E-state index in [1.807, 2.05) is 0 Å². The Morgan fingerprint density at radius 2 is 2.00 bits per heavy atom. The van der Waals surface area contributed by atoms with Gasteiger partial charge in [-0.05, 0) is 31.1 Å². The first kappa shape index (κ1) is 11.7. The lowest BCUT2D eigenvalue weighted by molar-refractivity contribution is -0.329. The molecule has 0 bridgehead atoms. The fraction of sp³-hybridized carbons (Fsp3) is 0.833. The lowest BCUT2D eigenvalue weighted by atomic mass is 9.73. The van der Waals surface area contributed by atoms with E-state index in [0.29, 0.717) is 11.3 Å². The zero-order chi connectivity index (χ0) is 10.8. The van der Waals surface area contributed by atoms with Crippen LogP contribution in [0.1, 0.15) is 40.5 Å². The topological polar surface area (TPSA) is 18.5 Å². The molecule has 2 nitrogen and oxygen atoms in total. The Morgan fingerprint density at radius 1 is 1.36 bits per heavy atom. The van der Waals surface area contributed by atoms with Crippen LogP contribution in [0, 0.1) is 11.3 Å². The second-order valence-electron chi connectivity index (χ2n) is 5.43. The molecular weight excluding hydrogens is 176 g/mol. The van der Waals surface area contributed by atoms with Crippen LogP contribution in [0.15, 0.2) is 12.2 Å². The van der Waals surface area contributed by atoms with Gasteiger partial charge in [0.1, 0.15) is 5.60 Å². The predicted octanol–water partition coefficient (Wildman–Crippen LogP) is 3.34. The molecule has 2 unspecified atom stereocenters. The summed E-state index contributed by atoms with van der Waals surface area (Å²) in [6, 6.07) is 0. The standard InChI is InChI=1S/C12H22O2/c1-11(2,3)10-6-8-12(4,9-7-10)14-13-5/h6,8,10H,7,9H2,1-5H3. The molecule has 0 radical (unpaired) electrons. The molecule has 0 amide bonds. The van der Waals surface area contributed by atoms with Gasteiger partial charge in [0.25, 0.3) is 0 Å². The second-order valence-corrected chi connectivity index (χ2v) is 5.43. The van der Waals surface area contributed by atoms with Crippen molar-refractivity contribution in [1.29, 1.82) is 0 Å². The summed E-state index contributed by atoms with van der Waals surface area (Å²) >= 11 is 0. The maximum Gasteiger partial charge on any atom is 0.119 e. The van der Waals surface area contributed by atoms with Gasteiger partial charge in [0.15, 0.2) is 0 Å². The molecule has 0 aromatic rings. The number of rotatable bonds is 2. The summed E-state index contributed by atoms with van der Waals surface area (Å²) in [5.74, 6) is 0.649. The molecule has 1 rings (SSSR count). The average Bonchev–Trinajstić information content (AvgIpc) is 2.03. The van der Waals surface area contributed by atoms with Crippen LogP contribution in [0.3, 0.4) is 0 Å². The van der Waals surface area contributed by atoms with Crippen molar-refractivity contribution in [3.05, 3.63) is 12.2 Å². The van der Waals surface area contributed by atoms with E-state index >= 15 is 0 Å². The van der Waals surface area contributed by atoms with Crippen LogP contribution in [0.25, 0.3) is 0 Å². The molecule has 2 atom stereocenters. The van der Waals surface area contributed by atoms with Gasteiger partial charge in [-0.25, -0.2) is 9.78 Å². The normalized spacial score (nSPS) is 33.4. The minimum atomic E-state index is -0.226. The van der Waals surface area contributed by atoms with Gasteiger partial charge in [0.05, 0.1) is 7.11 Å². The fourth-order valence-corrected chi connectivity index (χ4v) is 1.92. The van der Waals surface area contributed by atoms with Crippen LogP contribution in [0.2, 0.25) is 0 Å². The minimum absolute atomic E-state index is 0.226. The van der Waals surface area contributed by atoms with Gasteiger partial charge in [-0.15, -0.1) is 0 Å². The summed E-state index contributed by atoms with van der Waals surface area (Å²) in [7, 11) is 1.56. The minimum Gasteiger partial charge on any atom is -0.239 e. The predicted molar refractivity (Wildman–Crippen MR) is 57.8 cm³/mol. The number of hydrogen-bond donors (Lipinski definition) is 0. The first-order valence-corrected chi connectivity index (χ1v) is 5.28. The zero-order valence-corrected chi connectivity index (χ0v) is 9.96. The Kier molecular flexibility index (Phi) is 3.38. The first-order valence-electron chi connectivity index (χ1n) is 5.28. The van der Waals surface area contributed by atoms with Gasteiger partial charge < -0.3 is 0 Å². The van der Waals surface area contributed by atoms with E-state index in [9.17, 15) is 0 Å². The highest BCUT2D eigenvalue weighted by molar-refractivity contribution is 5.08. The van der Waals surface area contributed by atoms with Crippen molar-refractivity contribution in [2.75, 3.05) is 7.11 Å². The summed E-state index contributed by atoms with van der Waals surface area (Å²) in [6.45, 7) is 8.90. The number of hydrogen-bond acceptors (Lipinski definition) is 2. The van der Waals surface area contributed by atoms with Crippen molar-refractivity contribution in [3.8, 4) is 0 Å². The molecule has 0 N–H and O–H groups in total. The molecular formula is C12H22O2. The zero-order valence-electron chi connectivity index (χ0n) is 9.96. The smallest absolute Gasteiger partial charge is 0.119 e. The van der Waals surface area contributed by atoms with E-state index in [4.69, 9.17) is 9.78 Å². The van der Waals surface area contributed by atoms with Crippen molar-refractivity contribution in [1.82, 2.24) is 0 Å². The average molecular weight is 198 g/mol. The Hall–Kier alpha value is -0.340. The van der Waals surface area contributed by atoms with Crippen molar-refractivity contribution in [2.24, 2.45) is 11.3 Å². The van der Waals surface area contributed by atoms with E-state index in [0.717, 1.165) is 6.42 Å². The molecule has 14 heavy (non-hydrogen) atoms. The van der Waals surface area contributed by atoms with E-state index in [2.05, 4.69) is 39.8 Å². The molecule has 2 heteroatoms. The molecule has 0 saturated carbocycles. The van der Waals surface area contributed by atoms with Crippen LogP contribution >= 0.6 is 0 Å². The third-order valence-corrected chi connectivity index (χ3v) is 3.02. The van der Waals surface area contributed by atoms with Gasteiger partial charge in [0, 0.05) is 0 Å². The lowest BCUT2D eigenvalue weighted by Crippen LogP contribution is -2.32. The van der Waals surface area contributed by atoms with E-state index in [1.165, 1.54) is 6.42 Å². The largest absolute Gasteiger partial charge is 0.239 e. The van der Waals surface area contributed by atoms with E-state index < -0.39 is 0 Å². The fourth-order valence-electron chi connectivity index (χ4n) is 1.92. The third kappa shape index (κ3) is 2.82. The molecule has 1 aliphatic carbocycles. The molecule has 0 heterocycles. The monoisotopic (exact) mass is 198 g/mol. The SMILES string of the molecule is COOC1(C)C=CC(C(C)(C)C)CC1. The van der Waals surface area contributed by atoms with E-state index in [-0.39, 0.29) is 5.60 Å². The highest BCUT2D eigenvalue weighted by Crippen LogP contribution is 2.38. The number of allylic oxidation sites excluding steroid dienone is 1. The first-order chi connectivity index (χ1) is 6.37. The summed E-state index contributed by atoms with van der Waals surface area (Å²) in [4.78, 5) is 10.00. The van der Waals surface area contributed by atoms with Crippen LogP contribution in [0.5, 0.6) is 0 Å². The van der Waals surface area contributed by atoms with Crippen molar-refractivity contribution >= 4 is 0 Å². The Morgan fingerprint density at radius 3 is 2.36 bits per heavy atom. The Labute approximate surface area is 87.2 Å². The van der Waals surface area contributed by atoms with Gasteiger partial charge in [-0.3, -0.25) is 0 Å². The molecule has 0 saturated heterocycles. The molecule has 0 spiro atoms. The third-order valence-electron chi connectivity index (χ3n) is 3.02. The van der Waals surface area contributed by atoms with Crippen LogP contribution in [-0.2, 0) is 9.78 Å². The Balaban J connectivity index is 2.63. The maximum absolute atomic E-state index is 5.24. The summed E-state index contributed by atoms with van der Waals surface area (Å²) in [5.41, 5.74) is 0.126. The summed E-state index contributed by atoms with van der Waals surface area (Å²) in [5, 5.41) is 0. The lowest BCUT2D eigenvalue weighted by Gasteiger charge is -2.36. The summed E-state index contributed by atoms with van der Waals surface area (Å²) in [6.07, 6.45) is 6.59. The molecule has 0 aliphatic heterocycles. The second kappa shape index (κ2) is 4.03. The molecule has 0 aromatic heterocycles. The van der Waals surface area contributed by atoms with Crippen molar-refractivity contribution in [2.45, 2.75) is 46.1 Å². The van der Waals surface area contributed by atoms with Crippen molar-refractivity contribution < 1.29 is 9.78 Å². The quantitative estimate of drug-likeness (QED) is 0.385. The Bertz CT molecular complexity index is 215. The van der Waals surface area contributed by atoms with E-state index in [1.54, 1.807) is 7.11 Å². The maximum atomic E-state index is 5.24. The van der Waals surface area contributed by atoms with Crippen LogP contribution in [0.4, 0.5) is 0 Å². The van der Waals surface area contributed by atoms with Gasteiger partial charge in [0.2, 0.25) is 0 Å². The van der Waals surface area contributed by atoms with Gasteiger partial charge >= 0.3 is 0 Å². The summed E-state index contributed by atoms with van der Waals surface area (Å²) < 4.78 is 0. The highest BCUT2D eigenvalue weighted by Gasteiger charge is 2.32. The molecule has 0 aromatic carbocycles.